The van der Waals surface area contributed by atoms with Gasteiger partial charge in [0.25, 0.3) is 0 Å². The number of carboxylic acid groups (broad SMARTS) is 1. The molecule has 1 aromatic rings. The second-order valence-electron chi connectivity index (χ2n) is 3.28. The Bertz CT molecular complexity index is 500. The first-order chi connectivity index (χ1) is 8.49. The summed E-state index contributed by atoms with van der Waals surface area (Å²) in [7, 11) is 0. The van der Waals surface area contributed by atoms with Crippen molar-refractivity contribution in [2.24, 2.45) is 0 Å². The van der Waals surface area contributed by atoms with Gasteiger partial charge in [-0.15, -0.1) is 11.6 Å². The Balaban J connectivity index is 3.34. The summed E-state index contributed by atoms with van der Waals surface area (Å²) in [5.41, 5.74) is 0.154. The first kappa shape index (κ1) is 14.2. The van der Waals surface area contributed by atoms with Crippen molar-refractivity contribution >= 4 is 17.6 Å². The zero-order valence-electron chi connectivity index (χ0n) is 8.99. The third-order valence-corrected chi connectivity index (χ3v) is 2.42. The molecule has 0 heterocycles. The number of nitriles is 1. The van der Waals surface area contributed by atoms with Crippen LogP contribution < -0.4 is 4.74 Å². The van der Waals surface area contributed by atoms with Gasteiger partial charge in [0.15, 0.2) is 0 Å². The van der Waals surface area contributed by atoms with Gasteiger partial charge in [0.2, 0.25) is 0 Å². The molecule has 0 aliphatic heterocycles. The highest BCUT2D eigenvalue weighted by molar-refractivity contribution is 6.17. The normalized spacial score (nSPS) is 10.2. The van der Waals surface area contributed by atoms with E-state index < -0.39 is 24.8 Å². The van der Waals surface area contributed by atoms with Crippen LogP contribution in [-0.2, 0) is 17.1 Å². The minimum atomic E-state index is -3.14. The minimum Gasteiger partial charge on any atom is -0.481 e. The Morgan fingerprint density at radius 2 is 2.11 bits per heavy atom. The van der Waals surface area contributed by atoms with Gasteiger partial charge in [-0.05, 0) is 5.56 Å². The van der Waals surface area contributed by atoms with Crippen LogP contribution in [0.2, 0.25) is 0 Å². The summed E-state index contributed by atoms with van der Waals surface area (Å²) in [5.74, 6) is -1.69. The molecule has 0 saturated heterocycles. The van der Waals surface area contributed by atoms with E-state index in [0.717, 1.165) is 0 Å². The average Bonchev–Trinajstić information content (AvgIpc) is 2.29. The molecule has 0 unspecified atom stereocenters. The number of hydrogen-bond acceptors (Lipinski definition) is 3. The molecule has 0 fully saturated rings. The number of halogens is 3. The highest BCUT2D eigenvalue weighted by Crippen LogP contribution is 2.29. The van der Waals surface area contributed by atoms with Crippen LogP contribution in [0.3, 0.4) is 0 Å². The van der Waals surface area contributed by atoms with Gasteiger partial charge < -0.3 is 9.84 Å². The largest absolute Gasteiger partial charge is 0.481 e. The number of carboxylic acids is 1. The lowest BCUT2D eigenvalue weighted by Gasteiger charge is -2.13. The molecule has 1 aromatic carbocycles. The fourth-order valence-electron chi connectivity index (χ4n) is 1.43. The summed E-state index contributed by atoms with van der Waals surface area (Å²) in [4.78, 5) is 10.6. The highest BCUT2D eigenvalue weighted by Gasteiger charge is 2.19. The van der Waals surface area contributed by atoms with Crippen molar-refractivity contribution in [3.05, 3.63) is 28.8 Å². The molecule has 1 N–H and O–H groups in total. The van der Waals surface area contributed by atoms with Crippen molar-refractivity contribution in [1.29, 1.82) is 5.26 Å². The van der Waals surface area contributed by atoms with Crippen LogP contribution >= 0.6 is 11.6 Å². The molecule has 96 valence electrons. The number of rotatable bonds is 5. The van der Waals surface area contributed by atoms with Crippen LogP contribution in [0.25, 0.3) is 0 Å². The maximum absolute atomic E-state index is 12.3. The fourth-order valence-corrected chi connectivity index (χ4v) is 1.65. The smallest absolute Gasteiger partial charge is 0.387 e. The van der Waals surface area contributed by atoms with Crippen molar-refractivity contribution in [1.82, 2.24) is 0 Å². The van der Waals surface area contributed by atoms with E-state index in [9.17, 15) is 13.6 Å². The number of carbonyl (C=O) groups is 1. The van der Waals surface area contributed by atoms with E-state index >= 15 is 0 Å². The Hall–Kier alpha value is -1.87. The number of nitrogens with zero attached hydrogens (tertiary/aromatic N) is 1. The van der Waals surface area contributed by atoms with Gasteiger partial charge in [0.1, 0.15) is 11.8 Å². The second kappa shape index (κ2) is 6.17. The van der Waals surface area contributed by atoms with E-state index in [1.807, 2.05) is 0 Å². The molecular weight excluding hydrogens is 268 g/mol. The van der Waals surface area contributed by atoms with E-state index in [1.165, 1.54) is 12.1 Å². The standard InChI is InChI=1S/C11H8ClF2NO3/c12-4-7-2-1-6(3-9(16)17)10(8(7)5-15)18-11(13)14/h1-2,11H,3-4H2,(H,16,17). The molecule has 7 heteroatoms. The predicted molar refractivity (Wildman–Crippen MR) is 58.7 cm³/mol. The number of aliphatic carboxylic acids is 1. The van der Waals surface area contributed by atoms with Gasteiger partial charge in [0, 0.05) is 11.4 Å². The van der Waals surface area contributed by atoms with E-state index in [2.05, 4.69) is 4.74 Å². The Kier molecular flexibility index (Phi) is 4.86. The molecule has 1 rings (SSSR count). The van der Waals surface area contributed by atoms with Crippen molar-refractivity contribution in [2.75, 3.05) is 0 Å². The second-order valence-corrected chi connectivity index (χ2v) is 3.55. The zero-order valence-corrected chi connectivity index (χ0v) is 9.75. The molecular formula is C11H8ClF2NO3. The summed E-state index contributed by atoms with van der Waals surface area (Å²) in [6.45, 7) is -3.14. The first-order valence-electron chi connectivity index (χ1n) is 4.77. The van der Waals surface area contributed by atoms with Gasteiger partial charge >= 0.3 is 12.6 Å². The van der Waals surface area contributed by atoms with Crippen molar-refractivity contribution in [3.63, 3.8) is 0 Å². The number of hydrogen-bond donors (Lipinski definition) is 1. The summed E-state index contributed by atoms with van der Waals surface area (Å²) in [5, 5.41) is 17.6. The predicted octanol–water partition coefficient (Wildman–Crippen LogP) is 2.53. The average molecular weight is 276 g/mol. The first-order valence-corrected chi connectivity index (χ1v) is 5.30. The van der Waals surface area contributed by atoms with Gasteiger partial charge in [-0.1, -0.05) is 12.1 Å². The summed E-state index contributed by atoms with van der Waals surface area (Å²) < 4.78 is 28.8. The third kappa shape index (κ3) is 3.31. The SMILES string of the molecule is N#Cc1c(CCl)ccc(CC(=O)O)c1OC(F)F. The summed E-state index contributed by atoms with van der Waals surface area (Å²) in [6.07, 6.45) is -0.515. The van der Waals surface area contributed by atoms with Crippen LogP contribution in [0, 0.1) is 11.3 Å². The van der Waals surface area contributed by atoms with Gasteiger partial charge in [0.05, 0.1) is 12.0 Å². The van der Waals surface area contributed by atoms with E-state index in [0.29, 0.717) is 5.56 Å². The van der Waals surface area contributed by atoms with Gasteiger partial charge in [-0.2, -0.15) is 14.0 Å². The van der Waals surface area contributed by atoms with Crippen LogP contribution in [0.15, 0.2) is 12.1 Å². The molecule has 18 heavy (non-hydrogen) atoms. The molecule has 0 aliphatic carbocycles. The Morgan fingerprint density at radius 3 is 2.56 bits per heavy atom. The maximum atomic E-state index is 12.3. The lowest BCUT2D eigenvalue weighted by Crippen LogP contribution is -2.10. The number of ether oxygens (including phenoxy) is 1. The molecule has 0 bridgehead atoms. The van der Waals surface area contributed by atoms with Gasteiger partial charge in [-0.3, -0.25) is 4.79 Å². The molecule has 0 spiro atoms. The van der Waals surface area contributed by atoms with Crippen LogP contribution in [0.5, 0.6) is 5.75 Å². The molecule has 0 aromatic heterocycles. The van der Waals surface area contributed by atoms with E-state index in [1.54, 1.807) is 6.07 Å². The van der Waals surface area contributed by atoms with E-state index in [4.69, 9.17) is 22.0 Å². The molecule has 0 radical (unpaired) electrons. The van der Waals surface area contributed by atoms with Crippen molar-refractivity contribution in [3.8, 4) is 11.8 Å². The van der Waals surface area contributed by atoms with Crippen molar-refractivity contribution < 1.29 is 23.4 Å². The van der Waals surface area contributed by atoms with Gasteiger partial charge in [-0.25, -0.2) is 0 Å². The highest BCUT2D eigenvalue weighted by atomic mass is 35.5. The van der Waals surface area contributed by atoms with Crippen LogP contribution in [-0.4, -0.2) is 17.7 Å². The monoisotopic (exact) mass is 275 g/mol. The topological polar surface area (TPSA) is 70.3 Å². The maximum Gasteiger partial charge on any atom is 0.387 e. The molecule has 0 amide bonds. The zero-order chi connectivity index (χ0) is 13.7. The Morgan fingerprint density at radius 1 is 1.50 bits per heavy atom. The fraction of sp³-hybridized carbons (Fsp3) is 0.273. The minimum absolute atomic E-state index is 0.00761. The molecule has 0 aliphatic rings. The quantitative estimate of drug-likeness (QED) is 0.838. The lowest BCUT2D eigenvalue weighted by atomic mass is 10.0. The van der Waals surface area contributed by atoms with Crippen molar-refractivity contribution in [2.45, 2.75) is 18.9 Å². The molecule has 4 nitrogen and oxygen atoms in total. The van der Waals surface area contributed by atoms with Crippen LogP contribution in [0.1, 0.15) is 16.7 Å². The third-order valence-electron chi connectivity index (χ3n) is 2.13. The van der Waals surface area contributed by atoms with Crippen LogP contribution in [0.4, 0.5) is 8.78 Å². The number of alkyl halides is 3. The van der Waals surface area contributed by atoms with E-state index in [-0.39, 0.29) is 17.0 Å². The lowest BCUT2D eigenvalue weighted by molar-refractivity contribution is -0.136. The summed E-state index contributed by atoms with van der Waals surface area (Å²) in [6, 6.07) is 4.43. The molecule has 0 atom stereocenters. The summed E-state index contributed by atoms with van der Waals surface area (Å²) >= 11 is 5.57. The Labute approximate surface area is 106 Å². The molecule has 0 saturated carbocycles. The number of benzene rings is 1.